The van der Waals surface area contributed by atoms with Gasteiger partial charge >= 0.3 is 12.1 Å². The number of benzene rings is 2. The Morgan fingerprint density at radius 2 is 1.39 bits per heavy atom. The molecule has 0 radical (unpaired) electrons. The minimum Gasteiger partial charge on any atom is -0.460 e. The average Bonchev–Trinajstić information content (AvgIpc) is 2.80. The molecule has 2 amide bonds. The summed E-state index contributed by atoms with van der Waals surface area (Å²) in [6.07, 6.45) is 1.25. The molecule has 0 spiro atoms. The molecule has 166 valence electrons. The van der Waals surface area contributed by atoms with Gasteiger partial charge in [0.05, 0.1) is 6.04 Å². The summed E-state index contributed by atoms with van der Waals surface area (Å²) in [5.41, 5.74) is 7.63. The highest BCUT2D eigenvalue weighted by molar-refractivity contribution is 5.85. The summed E-state index contributed by atoms with van der Waals surface area (Å²) in [6, 6.07) is 18.0. The van der Waals surface area contributed by atoms with Gasteiger partial charge in [0, 0.05) is 6.54 Å². The van der Waals surface area contributed by atoms with Crippen LogP contribution in [0.5, 0.6) is 0 Å². The minimum atomic E-state index is -0.730. The molecule has 0 bridgehead atoms. The lowest BCUT2D eigenvalue weighted by Gasteiger charge is -2.12. The van der Waals surface area contributed by atoms with Gasteiger partial charge < -0.3 is 25.8 Å². The zero-order valence-corrected chi connectivity index (χ0v) is 17.4. The number of unbranched alkanes of at least 4 members (excludes halogenated alkanes) is 1. The third-order valence-electron chi connectivity index (χ3n) is 4.41. The van der Waals surface area contributed by atoms with Gasteiger partial charge in [-0.25, -0.2) is 4.79 Å². The van der Waals surface area contributed by atoms with Crippen LogP contribution in [-0.2, 0) is 32.3 Å². The van der Waals surface area contributed by atoms with Crippen molar-refractivity contribution in [1.82, 2.24) is 10.6 Å². The van der Waals surface area contributed by atoms with E-state index in [-0.39, 0.29) is 19.8 Å². The molecular weight excluding hydrogens is 398 g/mol. The zero-order valence-electron chi connectivity index (χ0n) is 17.4. The van der Waals surface area contributed by atoms with Gasteiger partial charge in [-0.05, 0) is 30.4 Å². The monoisotopic (exact) mass is 427 g/mol. The Morgan fingerprint density at radius 3 is 2.00 bits per heavy atom. The molecule has 8 heteroatoms. The van der Waals surface area contributed by atoms with Gasteiger partial charge in [-0.3, -0.25) is 9.59 Å². The first-order valence-electron chi connectivity index (χ1n) is 10.2. The molecule has 4 N–H and O–H groups in total. The fourth-order valence-electron chi connectivity index (χ4n) is 2.66. The van der Waals surface area contributed by atoms with Gasteiger partial charge in [0.15, 0.2) is 0 Å². The summed E-state index contributed by atoms with van der Waals surface area (Å²) in [5, 5.41) is 5.14. The maximum atomic E-state index is 12.0. The number of ether oxygens (including phenoxy) is 2. The Balaban J connectivity index is 1.49. The van der Waals surface area contributed by atoms with Crippen molar-refractivity contribution in [1.29, 1.82) is 0 Å². The SMILES string of the molecule is N[C@@H](CCCCNC(=O)OCc1ccccc1)C(=O)NCC(=O)OCc1ccccc1. The van der Waals surface area contributed by atoms with Crippen LogP contribution in [-0.4, -0.2) is 37.1 Å². The van der Waals surface area contributed by atoms with Crippen LogP contribution in [0.15, 0.2) is 60.7 Å². The maximum Gasteiger partial charge on any atom is 0.407 e. The van der Waals surface area contributed by atoms with Gasteiger partial charge in [0.25, 0.3) is 0 Å². The van der Waals surface area contributed by atoms with Crippen molar-refractivity contribution in [3.8, 4) is 0 Å². The van der Waals surface area contributed by atoms with Crippen LogP contribution in [0.4, 0.5) is 4.79 Å². The van der Waals surface area contributed by atoms with E-state index in [1.165, 1.54) is 0 Å². The predicted molar refractivity (Wildman–Crippen MR) is 116 cm³/mol. The first kappa shape index (κ1) is 23.9. The maximum absolute atomic E-state index is 12.0. The third-order valence-corrected chi connectivity index (χ3v) is 4.41. The van der Waals surface area contributed by atoms with Crippen LogP contribution in [0, 0.1) is 0 Å². The molecule has 0 fully saturated rings. The summed E-state index contributed by atoms with van der Waals surface area (Å²) >= 11 is 0. The molecule has 0 aliphatic carbocycles. The van der Waals surface area contributed by atoms with Gasteiger partial charge in [0.2, 0.25) is 5.91 Å². The second kappa shape index (κ2) is 13.8. The Hall–Kier alpha value is -3.39. The van der Waals surface area contributed by atoms with Crippen LogP contribution in [0.2, 0.25) is 0 Å². The highest BCUT2D eigenvalue weighted by Gasteiger charge is 2.14. The molecule has 0 unspecified atom stereocenters. The topological polar surface area (TPSA) is 120 Å². The molecule has 2 rings (SSSR count). The summed E-state index contributed by atoms with van der Waals surface area (Å²) in [7, 11) is 0. The molecular formula is C23H29N3O5. The Bertz CT molecular complexity index is 814. The van der Waals surface area contributed by atoms with E-state index in [4.69, 9.17) is 15.2 Å². The Morgan fingerprint density at radius 1 is 0.806 bits per heavy atom. The second-order valence-electron chi connectivity index (χ2n) is 6.95. The Labute approximate surface area is 182 Å². The number of rotatable bonds is 12. The van der Waals surface area contributed by atoms with Crippen LogP contribution in [0.3, 0.4) is 0 Å². The number of carbonyl (C=O) groups excluding carboxylic acids is 3. The zero-order chi connectivity index (χ0) is 22.3. The number of esters is 1. The van der Waals surface area contributed by atoms with E-state index in [9.17, 15) is 14.4 Å². The van der Waals surface area contributed by atoms with E-state index in [1.54, 1.807) is 0 Å². The lowest BCUT2D eigenvalue weighted by Crippen LogP contribution is -2.42. The average molecular weight is 428 g/mol. The van der Waals surface area contributed by atoms with Gasteiger partial charge in [-0.1, -0.05) is 60.7 Å². The summed E-state index contributed by atoms with van der Waals surface area (Å²) < 4.78 is 10.2. The van der Waals surface area contributed by atoms with Crippen molar-refractivity contribution in [2.45, 2.75) is 38.5 Å². The van der Waals surface area contributed by atoms with E-state index in [0.29, 0.717) is 25.8 Å². The number of nitrogens with two attached hydrogens (primary N) is 1. The van der Waals surface area contributed by atoms with Crippen LogP contribution in [0.25, 0.3) is 0 Å². The lowest BCUT2D eigenvalue weighted by molar-refractivity contribution is -0.145. The lowest BCUT2D eigenvalue weighted by atomic mass is 10.1. The standard InChI is InChI=1S/C23H29N3O5/c24-20(22(28)26-15-21(27)30-16-18-9-3-1-4-10-18)13-7-8-14-25-23(29)31-17-19-11-5-2-6-12-19/h1-6,9-12,20H,7-8,13-17,24H2,(H,25,29)(H,26,28)/t20-/m0/s1. The van der Waals surface area contributed by atoms with Crippen molar-refractivity contribution in [2.24, 2.45) is 5.73 Å². The van der Waals surface area contributed by atoms with Crippen molar-refractivity contribution in [2.75, 3.05) is 13.1 Å². The number of hydrogen-bond acceptors (Lipinski definition) is 6. The third kappa shape index (κ3) is 10.3. The molecule has 0 aliphatic heterocycles. The number of nitrogens with one attached hydrogen (secondary N) is 2. The summed E-state index contributed by atoms with van der Waals surface area (Å²) in [5.74, 6) is -0.936. The molecule has 2 aromatic rings. The van der Waals surface area contributed by atoms with E-state index in [0.717, 1.165) is 11.1 Å². The normalized spacial score (nSPS) is 11.3. The molecule has 0 saturated carbocycles. The van der Waals surface area contributed by atoms with Crippen LogP contribution in [0.1, 0.15) is 30.4 Å². The highest BCUT2D eigenvalue weighted by atomic mass is 16.5. The molecule has 0 saturated heterocycles. The number of amides is 2. The molecule has 31 heavy (non-hydrogen) atoms. The first-order chi connectivity index (χ1) is 15.0. The summed E-state index contributed by atoms with van der Waals surface area (Å²) in [4.78, 5) is 35.3. The number of hydrogen-bond donors (Lipinski definition) is 3. The van der Waals surface area contributed by atoms with Crippen molar-refractivity contribution < 1.29 is 23.9 Å². The van der Waals surface area contributed by atoms with Crippen LogP contribution < -0.4 is 16.4 Å². The predicted octanol–water partition coefficient (Wildman–Crippen LogP) is 2.27. The van der Waals surface area contributed by atoms with E-state index < -0.39 is 24.0 Å². The smallest absolute Gasteiger partial charge is 0.407 e. The second-order valence-corrected chi connectivity index (χ2v) is 6.95. The number of alkyl carbamates (subject to hydrolysis) is 1. The molecule has 0 aromatic heterocycles. The molecule has 0 heterocycles. The van der Waals surface area contributed by atoms with Crippen LogP contribution >= 0.6 is 0 Å². The van der Waals surface area contributed by atoms with E-state index >= 15 is 0 Å². The number of carbonyl (C=O) groups is 3. The van der Waals surface area contributed by atoms with E-state index in [1.807, 2.05) is 60.7 Å². The largest absolute Gasteiger partial charge is 0.460 e. The fourth-order valence-corrected chi connectivity index (χ4v) is 2.66. The molecule has 1 atom stereocenters. The van der Waals surface area contributed by atoms with Crippen molar-refractivity contribution in [3.63, 3.8) is 0 Å². The van der Waals surface area contributed by atoms with Gasteiger partial charge in [0.1, 0.15) is 19.8 Å². The minimum absolute atomic E-state index is 0.155. The molecule has 0 aliphatic rings. The highest BCUT2D eigenvalue weighted by Crippen LogP contribution is 2.02. The van der Waals surface area contributed by atoms with Crippen molar-refractivity contribution >= 4 is 18.0 Å². The van der Waals surface area contributed by atoms with E-state index in [2.05, 4.69) is 10.6 Å². The van der Waals surface area contributed by atoms with Gasteiger partial charge in [-0.2, -0.15) is 0 Å². The van der Waals surface area contributed by atoms with Crippen molar-refractivity contribution in [3.05, 3.63) is 71.8 Å². The first-order valence-corrected chi connectivity index (χ1v) is 10.2. The summed E-state index contributed by atoms with van der Waals surface area (Å²) in [6.45, 7) is 0.565. The molecule has 2 aromatic carbocycles. The Kier molecular flexibility index (Phi) is 10.6. The fraction of sp³-hybridized carbons (Fsp3) is 0.348. The quantitative estimate of drug-likeness (QED) is 0.353. The molecule has 8 nitrogen and oxygen atoms in total. The van der Waals surface area contributed by atoms with Gasteiger partial charge in [-0.15, -0.1) is 0 Å².